The molecule has 0 bridgehead atoms. The average Bonchev–Trinajstić information content (AvgIpc) is 2.63. The Hall–Kier alpha value is -3.57. The summed E-state index contributed by atoms with van der Waals surface area (Å²) in [5, 5.41) is 11.1. The quantitative estimate of drug-likeness (QED) is 0.314. The summed E-state index contributed by atoms with van der Waals surface area (Å²) < 4.78 is 71.0. The van der Waals surface area contributed by atoms with Crippen molar-refractivity contribution in [3.63, 3.8) is 0 Å². The third-order valence-corrected chi connectivity index (χ3v) is 3.85. The Balaban J connectivity index is 1.97. The molecule has 12 heteroatoms. The molecule has 0 fully saturated rings. The lowest BCUT2D eigenvalue weighted by atomic mass is 10.1. The van der Waals surface area contributed by atoms with Crippen LogP contribution in [0.1, 0.15) is 15.9 Å². The van der Waals surface area contributed by atoms with E-state index in [1.165, 1.54) is 6.92 Å². The number of esters is 1. The van der Waals surface area contributed by atoms with Gasteiger partial charge in [0.2, 0.25) is 0 Å². The van der Waals surface area contributed by atoms with Crippen molar-refractivity contribution < 1.29 is 46.2 Å². The predicted octanol–water partition coefficient (Wildman–Crippen LogP) is 4.44. The Morgan fingerprint density at radius 2 is 1.69 bits per heavy atom. The molecule has 0 spiro atoms. The molecule has 3 rings (SSSR count). The van der Waals surface area contributed by atoms with Gasteiger partial charge < -0.3 is 18.9 Å². The standard InChI is InChI=1S/C17H11F4NO7/c1-8-5-11(22(24)25)10(15(23)26-2)7-13(8)27-9-3-4-12-14(6-9)29-17(20,21)16(18,19)28-12/h3-7H,1-2H3. The molecule has 0 unspecified atom stereocenters. The lowest BCUT2D eigenvalue weighted by molar-refractivity contribution is -0.391. The van der Waals surface area contributed by atoms with E-state index in [1.54, 1.807) is 0 Å². The van der Waals surface area contributed by atoms with Gasteiger partial charge in [-0.1, -0.05) is 0 Å². The molecule has 2 aromatic rings. The number of nitro groups is 1. The number of carbonyl (C=O) groups excluding carboxylic acids is 1. The van der Waals surface area contributed by atoms with Gasteiger partial charge in [0.25, 0.3) is 5.69 Å². The minimum Gasteiger partial charge on any atom is -0.465 e. The number of nitro benzene ring substituents is 1. The molecular formula is C17H11F4NO7. The first-order chi connectivity index (χ1) is 13.4. The fourth-order valence-electron chi connectivity index (χ4n) is 2.45. The predicted molar refractivity (Wildman–Crippen MR) is 86.8 cm³/mol. The van der Waals surface area contributed by atoms with Gasteiger partial charge in [-0.15, -0.1) is 0 Å². The Kier molecular flexibility index (Phi) is 4.73. The largest absolute Gasteiger partial charge is 0.507 e. The minimum absolute atomic E-state index is 0.0373. The van der Waals surface area contributed by atoms with Crippen molar-refractivity contribution in [2.45, 2.75) is 19.1 Å². The zero-order valence-corrected chi connectivity index (χ0v) is 14.7. The molecule has 154 valence electrons. The number of halogens is 4. The molecule has 2 aromatic carbocycles. The van der Waals surface area contributed by atoms with E-state index in [-0.39, 0.29) is 17.1 Å². The van der Waals surface area contributed by atoms with Crippen LogP contribution in [0.25, 0.3) is 0 Å². The van der Waals surface area contributed by atoms with Gasteiger partial charge in [-0.25, -0.2) is 4.79 Å². The van der Waals surface area contributed by atoms with E-state index in [9.17, 15) is 32.5 Å². The van der Waals surface area contributed by atoms with Crippen molar-refractivity contribution in [1.82, 2.24) is 0 Å². The summed E-state index contributed by atoms with van der Waals surface area (Å²) in [4.78, 5) is 22.2. The highest BCUT2D eigenvalue weighted by Crippen LogP contribution is 2.48. The number of hydrogen-bond donors (Lipinski definition) is 0. The first kappa shape index (κ1) is 20.2. The molecule has 0 amide bonds. The molecule has 0 saturated carbocycles. The van der Waals surface area contributed by atoms with E-state index in [0.29, 0.717) is 0 Å². The van der Waals surface area contributed by atoms with Crippen LogP contribution in [-0.2, 0) is 4.74 Å². The maximum Gasteiger partial charge on any atom is 0.507 e. The van der Waals surface area contributed by atoms with E-state index < -0.39 is 45.9 Å². The smallest absolute Gasteiger partial charge is 0.465 e. The van der Waals surface area contributed by atoms with Crippen molar-refractivity contribution in [2.75, 3.05) is 7.11 Å². The second-order valence-electron chi connectivity index (χ2n) is 5.83. The Morgan fingerprint density at radius 3 is 2.28 bits per heavy atom. The normalized spacial score (nSPS) is 16.1. The molecule has 0 aliphatic carbocycles. The first-order valence-corrected chi connectivity index (χ1v) is 7.78. The van der Waals surface area contributed by atoms with Crippen LogP contribution in [0.5, 0.6) is 23.0 Å². The zero-order chi connectivity index (χ0) is 21.6. The van der Waals surface area contributed by atoms with Crippen LogP contribution in [0, 0.1) is 17.0 Å². The number of carbonyl (C=O) groups is 1. The van der Waals surface area contributed by atoms with Crippen molar-refractivity contribution in [3.8, 4) is 23.0 Å². The molecule has 0 aromatic heterocycles. The topological polar surface area (TPSA) is 97.1 Å². The molecule has 1 heterocycles. The van der Waals surface area contributed by atoms with Crippen LogP contribution in [0.3, 0.4) is 0 Å². The van der Waals surface area contributed by atoms with Gasteiger partial charge in [-0.05, 0) is 24.6 Å². The van der Waals surface area contributed by atoms with Crippen LogP contribution < -0.4 is 14.2 Å². The molecule has 8 nitrogen and oxygen atoms in total. The maximum atomic E-state index is 13.3. The summed E-state index contributed by atoms with van der Waals surface area (Å²) in [6.45, 7) is 1.44. The molecular weight excluding hydrogens is 406 g/mol. The number of rotatable bonds is 4. The molecule has 0 radical (unpaired) electrons. The zero-order valence-electron chi connectivity index (χ0n) is 14.7. The Morgan fingerprint density at radius 1 is 1.07 bits per heavy atom. The van der Waals surface area contributed by atoms with Crippen molar-refractivity contribution in [2.24, 2.45) is 0 Å². The number of nitrogens with zero attached hydrogens (tertiary/aromatic N) is 1. The Bertz CT molecular complexity index is 1010. The highest BCUT2D eigenvalue weighted by molar-refractivity contribution is 5.94. The number of fused-ring (bicyclic) bond motifs is 1. The second-order valence-corrected chi connectivity index (χ2v) is 5.83. The molecule has 1 aliphatic rings. The summed E-state index contributed by atoms with van der Waals surface area (Å²) in [6.07, 6.45) is -9.76. The van der Waals surface area contributed by atoms with E-state index in [0.717, 1.165) is 37.4 Å². The lowest BCUT2D eigenvalue weighted by Gasteiger charge is -2.31. The summed E-state index contributed by atoms with van der Waals surface area (Å²) in [5.41, 5.74) is -0.691. The third-order valence-electron chi connectivity index (χ3n) is 3.85. The van der Waals surface area contributed by atoms with E-state index in [2.05, 4.69) is 14.2 Å². The third kappa shape index (κ3) is 3.60. The Labute approximate surface area is 159 Å². The summed E-state index contributed by atoms with van der Waals surface area (Å²) >= 11 is 0. The fraction of sp³-hybridized carbons (Fsp3) is 0.235. The van der Waals surface area contributed by atoms with Gasteiger partial charge in [0, 0.05) is 18.2 Å². The lowest BCUT2D eigenvalue weighted by Crippen LogP contribution is -2.52. The molecule has 0 atom stereocenters. The van der Waals surface area contributed by atoms with Crippen molar-refractivity contribution in [3.05, 3.63) is 51.6 Å². The SMILES string of the molecule is COC(=O)c1cc(Oc2ccc3c(c2)OC(F)(F)C(F)(F)O3)c(C)cc1[N+](=O)[O-]. The van der Waals surface area contributed by atoms with Gasteiger partial charge in [0.15, 0.2) is 11.5 Å². The fourth-order valence-corrected chi connectivity index (χ4v) is 2.45. The maximum absolute atomic E-state index is 13.3. The van der Waals surface area contributed by atoms with E-state index in [1.807, 2.05) is 0 Å². The molecule has 0 saturated heterocycles. The number of alkyl halides is 4. The summed E-state index contributed by atoms with van der Waals surface area (Å²) in [7, 11) is 1.03. The molecule has 1 aliphatic heterocycles. The van der Waals surface area contributed by atoms with Crippen LogP contribution in [0.4, 0.5) is 23.2 Å². The second kappa shape index (κ2) is 6.79. The molecule has 0 N–H and O–H groups in total. The van der Waals surface area contributed by atoms with Crippen LogP contribution in [0.15, 0.2) is 30.3 Å². The number of ether oxygens (including phenoxy) is 4. The monoisotopic (exact) mass is 417 g/mol. The number of methoxy groups -OCH3 is 1. The first-order valence-electron chi connectivity index (χ1n) is 7.78. The van der Waals surface area contributed by atoms with Gasteiger partial charge in [-0.3, -0.25) is 10.1 Å². The van der Waals surface area contributed by atoms with Crippen molar-refractivity contribution >= 4 is 11.7 Å². The van der Waals surface area contributed by atoms with Crippen LogP contribution >= 0.6 is 0 Å². The van der Waals surface area contributed by atoms with Gasteiger partial charge in [-0.2, -0.15) is 17.6 Å². The van der Waals surface area contributed by atoms with Crippen molar-refractivity contribution in [1.29, 1.82) is 0 Å². The summed E-state index contributed by atoms with van der Waals surface area (Å²) in [6, 6.07) is 5.03. The van der Waals surface area contributed by atoms with Gasteiger partial charge >= 0.3 is 18.2 Å². The van der Waals surface area contributed by atoms with Crippen LogP contribution in [-0.4, -0.2) is 30.2 Å². The minimum atomic E-state index is -4.90. The molecule has 29 heavy (non-hydrogen) atoms. The van der Waals surface area contributed by atoms with Gasteiger partial charge in [0.05, 0.1) is 12.0 Å². The van der Waals surface area contributed by atoms with E-state index in [4.69, 9.17) is 4.74 Å². The van der Waals surface area contributed by atoms with Crippen LogP contribution in [0.2, 0.25) is 0 Å². The highest BCUT2D eigenvalue weighted by Gasteiger charge is 2.66. The highest BCUT2D eigenvalue weighted by atomic mass is 19.3. The van der Waals surface area contributed by atoms with Gasteiger partial charge in [0.1, 0.15) is 17.1 Å². The summed E-state index contributed by atoms with van der Waals surface area (Å²) in [5.74, 6) is -2.51. The average molecular weight is 417 g/mol. The van der Waals surface area contributed by atoms with E-state index >= 15 is 0 Å². The number of aryl methyl sites for hydroxylation is 1. The number of hydrogen-bond acceptors (Lipinski definition) is 7. The number of benzene rings is 2.